The number of aliphatic hydroxyl groups is 1. The van der Waals surface area contributed by atoms with Crippen LogP contribution >= 0.6 is 0 Å². The predicted octanol–water partition coefficient (Wildman–Crippen LogP) is 6.59. The van der Waals surface area contributed by atoms with Crippen molar-refractivity contribution in [2.75, 3.05) is 17.2 Å². The maximum absolute atomic E-state index is 15.0. The molecule has 0 spiro atoms. The van der Waals surface area contributed by atoms with E-state index in [9.17, 15) is 19.1 Å². The number of halogens is 1. The van der Waals surface area contributed by atoms with Gasteiger partial charge in [-0.15, -0.1) is 0 Å². The zero-order chi connectivity index (χ0) is 30.0. The van der Waals surface area contributed by atoms with Crippen LogP contribution in [0.5, 0.6) is 0 Å². The summed E-state index contributed by atoms with van der Waals surface area (Å²) >= 11 is 0. The Balaban J connectivity index is 1.46. The fraction of sp³-hybridized carbons (Fsp3) is 0.429. The number of carbonyl (C=O) groups excluding carboxylic acids is 2. The van der Waals surface area contributed by atoms with Gasteiger partial charge in [0.25, 0.3) is 5.91 Å². The molecule has 1 aliphatic carbocycles. The SMILES string of the molecule is Cc1cccc(F)c1C(=O)N1CCCC(C(=O)Nc2cccc(C(C)(C)C)c2)[C@@H]1c1c#cc(NC2CCC(O)C2)cc1. The molecule has 7 heteroatoms. The van der Waals surface area contributed by atoms with Crippen molar-refractivity contribution in [1.82, 2.24) is 4.90 Å². The Morgan fingerprint density at radius 2 is 1.81 bits per heavy atom. The molecular weight excluding hydrogens is 529 g/mol. The van der Waals surface area contributed by atoms with Crippen molar-refractivity contribution in [3.63, 3.8) is 0 Å². The van der Waals surface area contributed by atoms with Crippen molar-refractivity contribution in [3.8, 4) is 0 Å². The Bertz CT molecular complexity index is 1410. The van der Waals surface area contributed by atoms with E-state index in [1.807, 2.05) is 36.4 Å². The minimum absolute atomic E-state index is 0.0310. The molecule has 1 aliphatic heterocycles. The van der Waals surface area contributed by atoms with Gasteiger partial charge in [-0.3, -0.25) is 9.59 Å². The molecule has 2 fully saturated rings. The van der Waals surface area contributed by atoms with Crippen LogP contribution in [0.4, 0.5) is 15.8 Å². The van der Waals surface area contributed by atoms with Gasteiger partial charge < -0.3 is 20.6 Å². The van der Waals surface area contributed by atoms with Crippen LogP contribution in [0, 0.1) is 30.8 Å². The number of nitrogens with one attached hydrogen (secondary N) is 2. The highest BCUT2D eigenvalue weighted by molar-refractivity contribution is 5.98. The number of hydrogen-bond donors (Lipinski definition) is 3. The maximum atomic E-state index is 15.0. The van der Waals surface area contributed by atoms with E-state index in [0.29, 0.717) is 42.6 Å². The number of hydrogen-bond acceptors (Lipinski definition) is 4. The third-order valence-corrected chi connectivity index (χ3v) is 8.51. The molecule has 2 aliphatic rings. The first-order chi connectivity index (χ1) is 20.0. The summed E-state index contributed by atoms with van der Waals surface area (Å²) in [5.74, 6) is -1.76. The predicted molar refractivity (Wildman–Crippen MR) is 163 cm³/mol. The second-order valence-corrected chi connectivity index (χ2v) is 12.7. The molecule has 220 valence electrons. The van der Waals surface area contributed by atoms with E-state index in [0.717, 1.165) is 24.1 Å². The van der Waals surface area contributed by atoms with Crippen LogP contribution in [0.3, 0.4) is 0 Å². The third kappa shape index (κ3) is 6.44. The summed E-state index contributed by atoms with van der Waals surface area (Å²) in [6.45, 7) is 8.49. The minimum Gasteiger partial charge on any atom is -0.393 e. The number of rotatable bonds is 6. The first-order valence-electron chi connectivity index (χ1n) is 14.9. The summed E-state index contributed by atoms with van der Waals surface area (Å²) in [5, 5.41) is 16.4. The summed E-state index contributed by atoms with van der Waals surface area (Å²) in [6, 6.07) is 22.1. The molecule has 2 amide bonds. The van der Waals surface area contributed by atoms with Crippen molar-refractivity contribution in [1.29, 1.82) is 0 Å². The van der Waals surface area contributed by atoms with E-state index < -0.39 is 23.7 Å². The van der Waals surface area contributed by atoms with Crippen molar-refractivity contribution in [2.24, 2.45) is 5.92 Å². The number of amides is 2. The summed E-state index contributed by atoms with van der Waals surface area (Å²) in [6.07, 6.45) is 3.22. The molecule has 1 saturated heterocycles. The minimum atomic E-state index is -0.644. The van der Waals surface area contributed by atoms with Crippen LogP contribution in [0.2, 0.25) is 0 Å². The molecule has 0 radical (unpaired) electrons. The highest BCUT2D eigenvalue weighted by atomic mass is 19.1. The number of piperidine rings is 1. The second-order valence-electron chi connectivity index (χ2n) is 12.7. The molecule has 5 rings (SSSR count). The van der Waals surface area contributed by atoms with Gasteiger partial charge in [0.2, 0.25) is 5.91 Å². The van der Waals surface area contributed by atoms with Gasteiger partial charge in [-0.05, 0) is 92.0 Å². The van der Waals surface area contributed by atoms with Gasteiger partial charge in [0.1, 0.15) is 5.82 Å². The van der Waals surface area contributed by atoms with Crippen LogP contribution in [0.25, 0.3) is 0 Å². The van der Waals surface area contributed by atoms with Crippen molar-refractivity contribution < 1.29 is 19.1 Å². The first-order valence-corrected chi connectivity index (χ1v) is 14.9. The quantitative estimate of drug-likeness (QED) is 0.313. The van der Waals surface area contributed by atoms with E-state index in [1.54, 1.807) is 24.0 Å². The number of aryl methyl sites for hydroxylation is 1. The van der Waals surface area contributed by atoms with E-state index in [1.165, 1.54) is 6.07 Å². The van der Waals surface area contributed by atoms with Crippen LogP contribution in [0.1, 0.15) is 86.0 Å². The van der Waals surface area contributed by atoms with Gasteiger partial charge in [0.05, 0.1) is 29.3 Å². The molecule has 1 heterocycles. The molecule has 3 unspecified atom stereocenters. The van der Waals surface area contributed by atoms with Gasteiger partial charge in [0, 0.05) is 23.8 Å². The van der Waals surface area contributed by atoms with Crippen LogP contribution < -0.4 is 10.6 Å². The lowest BCUT2D eigenvalue weighted by Crippen LogP contribution is -2.46. The number of aliphatic hydroxyl groups excluding tert-OH is 1. The molecule has 6 nitrogen and oxygen atoms in total. The lowest BCUT2D eigenvalue weighted by atomic mass is 9.83. The number of anilines is 2. The van der Waals surface area contributed by atoms with Crippen LogP contribution in [0.15, 0.2) is 54.6 Å². The number of carbonyl (C=O) groups is 2. The fourth-order valence-corrected chi connectivity index (χ4v) is 6.19. The molecule has 0 bridgehead atoms. The van der Waals surface area contributed by atoms with Crippen molar-refractivity contribution >= 4 is 23.2 Å². The Kier molecular flexibility index (Phi) is 8.56. The standard InChI is InChI=1S/C35H40FN3O3/c1-22-8-5-12-30(36)31(22)34(42)39-19-7-11-29(33(41)38-26-10-6-9-24(20-26)35(2,3)4)32(39)23-13-15-25(16-14-23)37-27-17-18-28(40)21-27/h5-6,8-10,12-13,15,20,27-29,32,37,40H,7,11,17-19,21H2,1-4H3,(H,38,41)/t27?,28?,29?,32-/m0/s1. The highest BCUT2D eigenvalue weighted by Gasteiger charge is 2.41. The van der Waals surface area contributed by atoms with Gasteiger partial charge in [-0.1, -0.05) is 51.1 Å². The van der Waals surface area contributed by atoms with Gasteiger partial charge in [0.15, 0.2) is 0 Å². The van der Waals surface area contributed by atoms with Crippen molar-refractivity contribution in [3.05, 3.63) is 94.8 Å². The Morgan fingerprint density at radius 1 is 1.02 bits per heavy atom. The van der Waals surface area contributed by atoms with E-state index in [4.69, 9.17) is 0 Å². The van der Waals surface area contributed by atoms with Gasteiger partial charge in [-0.25, -0.2) is 4.39 Å². The normalized spacial score (nSPS) is 22.4. The average molecular weight is 570 g/mol. The molecule has 3 N–H and O–H groups in total. The van der Waals surface area contributed by atoms with Crippen LogP contribution in [-0.2, 0) is 10.2 Å². The second kappa shape index (κ2) is 12.1. The molecule has 3 aromatic rings. The largest absolute Gasteiger partial charge is 0.393 e. The summed E-state index contributed by atoms with van der Waals surface area (Å²) in [7, 11) is 0. The molecule has 0 aromatic heterocycles. The zero-order valence-electron chi connectivity index (χ0n) is 24.8. The van der Waals surface area contributed by atoms with E-state index in [2.05, 4.69) is 43.5 Å². The van der Waals surface area contributed by atoms with Crippen molar-refractivity contribution in [2.45, 2.75) is 83.4 Å². The molecule has 42 heavy (non-hydrogen) atoms. The monoisotopic (exact) mass is 569 g/mol. The lowest BCUT2D eigenvalue weighted by Gasteiger charge is -2.40. The Hall–Kier alpha value is -3.89. The highest BCUT2D eigenvalue weighted by Crippen LogP contribution is 2.38. The lowest BCUT2D eigenvalue weighted by molar-refractivity contribution is -0.123. The summed E-state index contributed by atoms with van der Waals surface area (Å²) in [5.41, 5.74) is 3.71. The molecular formula is C35H40FN3O3. The Morgan fingerprint density at radius 3 is 2.48 bits per heavy atom. The summed E-state index contributed by atoms with van der Waals surface area (Å²) in [4.78, 5) is 29.5. The fourth-order valence-electron chi connectivity index (χ4n) is 6.19. The third-order valence-electron chi connectivity index (χ3n) is 8.51. The van der Waals surface area contributed by atoms with Gasteiger partial charge >= 0.3 is 0 Å². The smallest absolute Gasteiger partial charge is 0.257 e. The van der Waals surface area contributed by atoms with Gasteiger partial charge in [-0.2, -0.15) is 0 Å². The van der Waals surface area contributed by atoms with E-state index in [-0.39, 0.29) is 29.0 Å². The molecule has 3 aromatic carbocycles. The zero-order valence-corrected chi connectivity index (χ0v) is 24.8. The van der Waals surface area contributed by atoms with Crippen LogP contribution in [-0.4, -0.2) is 40.5 Å². The number of nitrogens with zero attached hydrogens (tertiary/aromatic N) is 1. The maximum Gasteiger partial charge on any atom is 0.257 e. The number of benzene rings is 2. The Labute approximate surface area is 248 Å². The average Bonchev–Trinajstić information content (AvgIpc) is 3.36. The molecule has 4 atom stereocenters. The topological polar surface area (TPSA) is 81.7 Å². The molecule has 1 saturated carbocycles. The summed E-state index contributed by atoms with van der Waals surface area (Å²) < 4.78 is 15.0. The number of likely N-dealkylation sites (tertiary alicyclic amines) is 1. The van der Waals surface area contributed by atoms with E-state index >= 15 is 0 Å². The first kappa shape index (κ1) is 29.6.